The van der Waals surface area contributed by atoms with Gasteiger partial charge in [0.1, 0.15) is 11.9 Å². The molecule has 1 N–H and O–H groups in total. The van der Waals surface area contributed by atoms with E-state index in [2.05, 4.69) is 0 Å². The van der Waals surface area contributed by atoms with Crippen LogP contribution in [-0.2, 0) is 10.9 Å². The largest absolute Gasteiger partial charge is 0.419 e. The molecule has 0 aromatic heterocycles. The smallest absolute Gasteiger partial charge is 0.385 e. The summed E-state index contributed by atoms with van der Waals surface area (Å²) in [5.41, 5.74) is -2.11. The lowest BCUT2D eigenvalue weighted by Gasteiger charge is -2.29. The number of aliphatic hydroxyl groups excluding tert-OH is 1. The van der Waals surface area contributed by atoms with Crippen molar-refractivity contribution in [2.24, 2.45) is 0 Å². The summed E-state index contributed by atoms with van der Waals surface area (Å²) >= 11 is 0. The number of rotatable bonds is 2. The van der Waals surface area contributed by atoms with Gasteiger partial charge in [0, 0.05) is 6.61 Å². The average Bonchev–Trinajstić information content (AvgIpc) is 2.74. The maximum atomic E-state index is 13.4. The lowest BCUT2D eigenvalue weighted by molar-refractivity contribution is -0.140. The molecule has 2 atom stereocenters. The van der Waals surface area contributed by atoms with Crippen LogP contribution in [0.25, 0.3) is 0 Å². The van der Waals surface area contributed by atoms with Gasteiger partial charge < -0.3 is 9.84 Å². The Kier molecular flexibility index (Phi) is 3.57. The topological polar surface area (TPSA) is 29.5 Å². The molecule has 0 aliphatic carbocycles. The van der Waals surface area contributed by atoms with Gasteiger partial charge in [-0.25, -0.2) is 4.39 Å². The van der Waals surface area contributed by atoms with Gasteiger partial charge >= 0.3 is 6.18 Å². The fourth-order valence-corrected chi connectivity index (χ4v) is 2.30. The number of halogens is 4. The molecule has 0 bridgehead atoms. The van der Waals surface area contributed by atoms with Crippen molar-refractivity contribution in [3.05, 3.63) is 35.1 Å². The van der Waals surface area contributed by atoms with E-state index in [0.717, 1.165) is 18.6 Å². The van der Waals surface area contributed by atoms with Crippen molar-refractivity contribution in [3.63, 3.8) is 0 Å². The molecule has 0 spiro atoms. The van der Waals surface area contributed by atoms with Gasteiger partial charge in [-0.05, 0) is 37.5 Å². The SMILES string of the molecule is CC1(C(O)c2ccc(C(F)(F)F)c(F)c2)CCCO1. The minimum atomic E-state index is -4.73. The zero-order chi connectivity index (χ0) is 14.3. The van der Waals surface area contributed by atoms with Crippen molar-refractivity contribution in [3.8, 4) is 0 Å². The highest BCUT2D eigenvalue weighted by Gasteiger charge is 2.40. The van der Waals surface area contributed by atoms with E-state index in [0.29, 0.717) is 19.1 Å². The number of hydrogen-bond acceptors (Lipinski definition) is 2. The highest BCUT2D eigenvalue weighted by molar-refractivity contribution is 5.29. The van der Waals surface area contributed by atoms with Gasteiger partial charge in [0.2, 0.25) is 0 Å². The van der Waals surface area contributed by atoms with Gasteiger partial charge in [0.15, 0.2) is 0 Å². The molecule has 2 unspecified atom stereocenters. The second-order valence-corrected chi connectivity index (χ2v) is 4.90. The normalized spacial score (nSPS) is 25.6. The molecule has 2 rings (SSSR count). The summed E-state index contributed by atoms with van der Waals surface area (Å²) in [6.07, 6.45) is -4.54. The first kappa shape index (κ1) is 14.3. The minimum absolute atomic E-state index is 0.0925. The third kappa shape index (κ3) is 2.74. The van der Waals surface area contributed by atoms with Crippen LogP contribution >= 0.6 is 0 Å². The average molecular weight is 278 g/mol. The highest BCUT2D eigenvalue weighted by atomic mass is 19.4. The van der Waals surface area contributed by atoms with Crippen LogP contribution in [0.2, 0.25) is 0 Å². The monoisotopic (exact) mass is 278 g/mol. The van der Waals surface area contributed by atoms with Crippen molar-refractivity contribution in [2.45, 2.75) is 37.6 Å². The number of ether oxygens (including phenoxy) is 1. The van der Waals surface area contributed by atoms with Gasteiger partial charge in [0.25, 0.3) is 0 Å². The molecule has 1 aromatic carbocycles. The highest BCUT2D eigenvalue weighted by Crippen LogP contribution is 2.39. The van der Waals surface area contributed by atoms with Gasteiger partial charge in [-0.2, -0.15) is 13.2 Å². The molecule has 0 radical (unpaired) electrons. The quantitative estimate of drug-likeness (QED) is 0.840. The minimum Gasteiger partial charge on any atom is -0.385 e. The Balaban J connectivity index is 2.29. The summed E-state index contributed by atoms with van der Waals surface area (Å²) in [7, 11) is 0. The standard InChI is InChI=1S/C13H14F4O2/c1-12(5-2-6-19-12)11(18)8-3-4-9(10(14)7-8)13(15,16)17/h3-4,7,11,18H,2,5-6H2,1H3. The predicted octanol–water partition coefficient (Wildman–Crippen LogP) is 3.45. The predicted molar refractivity (Wildman–Crippen MR) is 60.0 cm³/mol. The number of alkyl halides is 3. The summed E-state index contributed by atoms with van der Waals surface area (Å²) in [5.74, 6) is -1.38. The Labute approximate surface area is 108 Å². The van der Waals surface area contributed by atoms with Crippen LogP contribution in [0.3, 0.4) is 0 Å². The van der Waals surface area contributed by atoms with E-state index in [9.17, 15) is 22.7 Å². The summed E-state index contributed by atoms with van der Waals surface area (Å²) in [6, 6.07) is 2.45. The van der Waals surface area contributed by atoms with E-state index in [4.69, 9.17) is 4.74 Å². The number of hydrogen-bond donors (Lipinski definition) is 1. The van der Waals surface area contributed by atoms with Gasteiger partial charge in [-0.1, -0.05) is 6.07 Å². The summed E-state index contributed by atoms with van der Waals surface area (Å²) in [5, 5.41) is 10.1. The Hall–Kier alpha value is -1.14. The summed E-state index contributed by atoms with van der Waals surface area (Å²) in [6.45, 7) is 2.15. The first-order valence-corrected chi connectivity index (χ1v) is 5.93. The zero-order valence-electron chi connectivity index (χ0n) is 10.3. The molecule has 1 aliphatic heterocycles. The zero-order valence-corrected chi connectivity index (χ0v) is 10.3. The van der Waals surface area contributed by atoms with E-state index in [1.165, 1.54) is 0 Å². The molecular formula is C13H14F4O2. The molecule has 2 nitrogen and oxygen atoms in total. The fourth-order valence-electron chi connectivity index (χ4n) is 2.30. The second kappa shape index (κ2) is 4.76. The molecule has 1 saturated heterocycles. The molecule has 6 heteroatoms. The first-order valence-electron chi connectivity index (χ1n) is 5.93. The lowest BCUT2D eigenvalue weighted by Crippen LogP contribution is -2.32. The Morgan fingerprint density at radius 2 is 2.05 bits per heavy atom. The van der Waals surface area contributed by atoms with Crippen molar-refractivity contribution in [2.75, 3.05) is 6.61 Å². The Morgan fingerprint density at radius 1 is 1.37 bits per heavy atom. The molecule has 1 aliphatic rings. The fraction of sp³-hybridized carbons (Fsp3) is 0.538. The molecule has 0 saturated carbocycles. The van der Waals surface area contributed by atoms with Crippen molar-refractivity contribution in [1.29, 1.82) is 0 Å². The summed E-state index contributed by atoms with van der Waals surface area (Å²) < 4.78 is 56.1. The molecule has 0 amide bonds. The van der Waals surface area contributed by atoms with E-state index in [1.807, 2.05) is 0 Å². The lowest BCUT2D eigenvalue weighted by atomic mass is 9.90. The number of aliphatic hydroxyl groups is 1. The van der Waals surface area contributed by atoms with Crippen LogP contribution in [0.4, 0.5) is 17.6 Å². The Morgan fingerprint density at radius 3 is 2.53 bits per heavy atom. The second-order valence-electron chi connectivity index (χ2n) is 4.90. The van der Waals surface area contributed by atoms with Crippen LogP contribution in [0.5, 0.6) is 0 Å². The molecule has 1 heterocycles. The molecule has 1 fully saturated rings. The molecule has 19 heavy (non-hydrogen) atoms. The maximum absolute atomic E-state index is 13.4. The van der Waals surface area contributed by atoms with Crippen molar-refractivity contribution in [1.82, 2.24) is 0 Å². The van der Waals surface area contributed by atoms with Crippen molar-refractivity contribution < 1.29 is 27.4 Å². The first-order chi connectivity index (χ1) is 8.74. The van der Waals surface area contributed by atoms with E-state index in [1.54, 1.807) is 6.92 Å². The van der Waals surface area contributed by atoms with Crippen molar-refractivity contribution >= 4 is 0 Å². The van der Waals surface area contributed by atoms with Crippen LogP contribution < -0.4 is 0 Å². The third-order valence-electron chi connectivity index (χ3n) is 3.44. The van der Waals surface area contributed by atoms with Crippen LogP contribution in [0.1, 0.15) is 37.0 Å². The summed E-state index contributed by atoms with van der Waals surface area (Å²) in [4.78, 5) is 0. The van der Waals surface area contributed by atoms with Crippen LogP contribution in [-0.4, -0.2) is 17.3 Å². The third-order valence-corrected chi connectivity index (χ3v) is 3.44. The van der Waals surface area contributed by atoms with Gasteiger partial charge in [-0.15, -0.1) is 0 Å². The van der Waals surface area contributed by atoms with E-state index in [-0.39, 0.29) is 5.56 Å². The molecule has 106 valence electrons. The van der Waals surface area contributed by atoms with E-state index < -0.39 is 29.3 Å². The van der Waals surface area contributed by atoms with Gasteiger partial charge in [-0.3, -0.25) is 0 Å². The maximum Gasteiger partial charge on any atom is 0.419 e. The van der Waals surface area contributed by atoms with E-state index >= 15 is 0 Å². The molecule has 1 aromatic rings. The Bertz CT molecular complexity index is 464. The molecular weight excluding hydrogens is 264 g/mol. The number of benzene rings is 1. The van der Waals surface area contributed by atoms with Gasteiger partial charge in [0.05, 0.1) is 11.2 Å². The van der Waals surface area contributed by atoms with Crippen LogP contribution in [0.15, 0.2) is 18.2 Å². The van der Waals surface area contributed by atoms with Crippen LogP contribution in [0, 0.1) is 5.82 Å².